The van der Waals surface area contributed by atoms with Crippen LogP contribution in [0.1, 0.15) is 37.6 Å². The van der Waals surface area contributed by atoms with Crippen LogP contribution in [-0.4, -0.2) is 30.5 Å². The molecule has 29 heavy (non-hydrogen) atoms. The highest BCUT2D eigenvalue weighted by atomic mass is 32.2. The Morgan fingerprint density at radius 1 is 1.10 bits per heavy atom. The molecule has 0 saturated heterocycles. The number of rotatable bonds is 4. The van der Waals surface area contributed by atoms with Gasteiger partial charge < -0.3 is 4.74 Å². The maximum atomic E-state index is 13.1. The average molecular weight is 410 g/mol. The highest BCUT2D eigenvalue weighted by Gasteiger charge is 2.27. The lowest BCUT2D eigenvalue weighted by Crippen LogP contribution is -2.12. The number of benzene rings is 2. The van der Waals surface area contributed by atoms with E-state index in [1.54, 1.807) is 37.3 Å². The Morgan fingerprint density at radius 3 is 2.31 bits per heavy atom. The van der Waals surface area contributed by atoms with Crippen molar-refractivity contribution < 1.29 is 13.2 Å². The van der Waals surface area contributed by atoms with Gasteiger partial charge in [-0.1, -0.05) is 38.1 Å². The van der Waals surface area contributed by atoms with Gasteiger partial charge in [0.25, 0.3) is 0 Å². The number of ether oxygens (including phenoxy) is 1. The first kappa shape index (κ1) is 20.6. The Bertz CT molecular complexity index is 1200. The molecular formula is C21H22N4O3S. The van der Waals surface area contributed by atoms with E-state index in [0.717, 1.165) is 5.56 Å². The highest BCUT2D eigenvalue weighted by Crippen LogP contribution is 2.29. The van der Waals surface area contributed by atoms with Gasteiger partial charge in [-0.2, -0.15) is 5.26 Å². The molecule has 0 spiro atoms. The molecule has 0 aliphatic carbocycles. The number of aromatic nitrogens is 3. The summed E-state index contributed by atoms with van der Waals surface area (Å²) in [4.78, 5) is 0.151. The van der Waals surface area contributed by atoms with Crippen LogP contribution in [0.5, 0.6) is 5.75 Å². The van der Waals surface area contributed by atoms with Crippen LogP contribution in [0, 0.1) is 18.3 Å². The summed E-state index contributed by atoms with van der Waals surface area (Å²) in [5.41, 5.74) is 2.14. The third-order valence-electron chi connectivity index (χ3n) is 4.67. The lowest BCUT2D eigenvalue weighted by molar-refractivity contribution is 0.411. The Kier molecular flexibility index (Phi) is 5.20. The molecule has 8 heteroatoms. The number of hydrogen-bond donors (Lipinski definition) is 0. The fraction of sp³-hybridized carbons (Fsp3) is 0.286. The van der Waals surface area contributed by atoms with Gasteiger partial charge in [-0.25, -0.2) is 13.1 Å². The van der Waals surface area contributed by atoms with Gasteiger partial charge in [0.15, 0.2) is 0 Å². The molecule has 1 heterocycles. The van der Waals surface area contributed by atoms with Crippen molar-refractivity contribution >= 4 is 9.84 Å². The Labute approximate surface area is 170 Å². The zero-order chi connectivity index (χ0) is 21.4. The molecule has 0 bridgehead atoms. The van der Waals surface area contributed by atoms with Crippen molar-refractivity contribution in [3.63, 3.8) is 0 Å². The molecule has 3 aromatic rings. The van der Waals surface area contributed by atoms with Gasteiger partial charge in [-0.15, -0.1) is 5.10 Å². The minimum absolute atomic E-state index is 0.0797. The molecule has 0 radical (unpaired) electrons. The molecule has 150 valence electrons. The number of nitrogens with zero attached hydrogens (tertiary/aromatic N) is 4. The normalized spacial score (nSPS) is 11.9. The molecule has 0 amide bonds. The summed E-state index contributed by atoms with van der Waals surface area (Å²) in [7, 11) is -2.36. The van der Waals surface area contributed by atoms with Gasteiger partial charge in [0.1, 0.15) is 11.4 Å². The van der Waals surface area contributed by atoms with Crippen LogP contribution in [0.2, 0.25) is 0 Å². The van der Waals surface area contributed by atoms with E-state index in [2.05, 4.69) is 37.2 Å². The largest absolute Gasteiger partial charge is 0.494 e. The molecule has 0 fully saturated rings. The van der Waals surface area contributed by atoms with Crippen molar-refractivity contribution in [1.82, 2.24) is 15.0 Å². The van der Waals surface area contributed by atoms with E-state index in [9.17, 15) is 13.7 Å². The summed E-state index contributed by atoms with van der Waals surface area (Å²) in [6, 6.07) is 13.7. The van der Waals surface area contributed by atoms with Crippen molar-refractivity contribution in [3.8, 4) is 17.5 Å². The molecule has 0 N–H and O–H groups in total. The number of nitriles is 1. The van der Waals surface area contributed by atoms with Gasteiger partial charge >= 0.3 is 0 Å². The van der Waals surface area contributed by atoms with Crippen LogP contribution >= 0.6 is 0 Å². The van der Waals surface area contributed by atoms with Crippen molar-refractivity contribution in [1.29, 1.82) is 5.26 Å². The first-order valence-electron chi connectivity index (χ1n) is 8.96. The summed E-state index contributed by atoms with van der Waals surface area (Å²) in [6.45, 7) is 7.81. The first-order chi connectivity index (χ1) is 13.6. The van der Waals surface area contributed by atoms with E-state index in [0.29, 0.717) is 22.7 Å². The molecular weight excluding hydrogens is 388 g/mol. The topological polar surface area (TPSA) is 97.9 Å². The molecule has 0 aliphatic heterocycles. The summed E-state index contributed by atoms with van der Waals surface area (Å²) < 4.78 is 33.0. The van der Waals surface area contributed by atoms with E-state index in [1.165, 1.54) is 11.8 Å². The summed E-state index contributed by atoms with van der Waals surface area (Å²) in [6.07, 6.45) is 0. The SMILES string of the molecule is COc1ccc(C#N)cc1-n1nnc(S(=O)(=O)c2ccc(C(C)(C)C)cc2)c1C. The van der Waals surface area contributed by atoms with Gasteiger partial charge in [0, 0.05) is 0 Å². The average Bonchev–Trinajstić information content (AvgIpc) is 3.08. The number of methoxy groups -OCH3 is 1. The van der Waals surface area contributed by atoms with Crippen LogP contribution in [0.15, 0.2) is 52.4 Å². The molecule has 0 saturated carbocycles. The van der Waals surface area contributed by atoms with E-state index >= 15 is 0 Å². The molecule has 0 unspecified atom stereocenters. The van der Waals surface area contributed by atoms with E-state index in [1.807, 2.05) is 12.1 Å². The Balaban J connectivity index is 2.09. The third-order valence-corrected chi connectivity index (χ3v) is 6.45. The van der Waals surface area contributed by atoms with Crippen molar-refractivity contribution in [2.24, 2.45) is 0 Å². The zero-order valence-electron chi connectivity index (χ0n) is 17.0. The van der Waals surface area contributed by atoms with Gasteiger partial charge in [-0.05, 0) is 48.2 Å². The molecule has 3 rings (SSSR count). The van der Waals surface area contributed by atoms with Gasteiger partial charge in [0.05, 0.1) is 29.3 Å². The minimum atomic E-state index is -3.85. The van der Waals surface area contributed by atoms with E-state index in [-0.39, 0.29) is 15.3 Å². The van der Waals surface area contributed by atoms with Gasteiger partial charge in [-0.3, -0.25) is 0 Å². The predicted octanol–water partition coefficient (Wildman–Crippen LogP) is 3.59. The molecule has 0 atom stereocenters. The quantitative estimate of drug-likeness (QED) is 0.652. The van der Waals surface area contributed by atoms with E-state index in [4.69, 9.17) is 4.74 Å². The second kappa shape index (κ2) is 7.33. The fourth-order valence-corrected chi connectivity index (χ4v) is 4.30. The molecule has 2 aromatic carbocycles. The van der Waals surface area contributed by atoms with Crippen molar-refractivity contribution in [2.45, 2.75) is 43.0 Å². The maximum Gasteiger partial charge on any atom is 0.227 e. The monoisotopic (exact) mass is 410 g/mol. The van der Waals surface area contributed by atoms with Crippen molar-refractivity contribution in [2.75, 3.05) is 7.11 Å². The Hall–Kier alpha value is -3.18. The number of hydrogen-bond acceptors (Lipinski definition) is 6. The second-order valence-electron chi connectivity index (χ2n) is 7.67. The van der Waals surface area contributed by atoms with E-state index < -0.39 is 9.84 Å². The van der Waals surface area contributed by atoms with Crippen LogP contribution in [-0.2, 0) is 15.3 Å². The standard InChI is InChI=1S/C21H22N4O3S/c1-14-20(29(26,27)17-9-7-16(8-10-17)21(2,3)4)23-24-25(14)18-12-15(13-22)6-11-19(18)28-5/h6-12H,1-5H3. The molecule has 1 aromatic heterocycles. The molecule has 0 aliphatic rings. The highest BCUT2D eigenvalue weighted by molar-refractivity contribution is 7.91. The van der Waals surface area contributed by atoms with Crippen molar-refractivity contribution in [3.05, 3.63) is 59.3 Å². The van der Waals surface area contributed by atoms with Crippen LogP contribution in [0.25, 0.3) is 5.69 Å². The summed E-state index contributed by atoms with van der Waals surface area (Å²) in [5, 5.41) is 17.0. The fourth-order valence-electron chi connectivity index (χ4n) is 2.96. The number of sulfone groups is 1. The van der Waals surface area contributed by atoms with Crippen LogP contribution in [0.4, 0.5) is 0 Å². The summed E-state index contributed by atoms with van der Waals surface area (Å²) in [5.74, 6) is 0.454. The lowest BCUT2D eigenvalue weighted by atomic mass is 9.87. The van der Waals surface area contributed by atoms with Gasteiger partial charge in [0.2, 0.25) is 14.9 Å². The third kappa shape index (κ3) is 3.74. The predicted molar refractivity (Wildman–Crippen MR) is 108 cm³/mol. The minimum Gasteiger partial charge on any atom is -0.494 e. The zero-order valence-corrected chi connectivity index (χ0v) is 17.8. The Morgan fingerprint density at radius 2 is 1.76 bits per heavy atom. The summed E-state index contributed by atoms with van der Waals surface area (Å²) >= 11 is 0. The maximum absolute atomic E-state index is 13.1. The first-order valence-corrected chi connectivity index (χ1v) is 10.4. The second-order valence-corrected chi connectivity index (χ2v) is 9.53. The van der Waals surface area contributed by atoms with Crippen LogP contribution in [0.3, 0.4) is 0 Å². The van der Waals surface area contributed by atoms with Crippen LogP contribution < -0.4 is 4.74 Å². The smallest absolute Gasteiger partial charge is 0.227 e. The molecule has 7 nitrogen and oxygen atoms in total. The lowest BCUT2D eigenvalue weighted by Gasteiger charge is -2.19.